The Labute approximate surface area is 91.1 Å². The minimum Gasteiger partial charge on any atom is -0.324 e. The quantitative estimate of drug-likeness (QED) is 0.392. The van der Waals surface area contributed by atoms with Gasteiger partial charge in [0.2, 0.25) is 0 Å². The second-order valence-corrected chi connectivity index (χ2v) is 4.48. The lowest BCUT2D eigenvalue weighted by Crippen LogP contribution is -2.48. The van der Waals surface area contributed by atoms with Crippen LogP contribution in [0.2, 0.25) is 0 Å². The van der Waals surface area contributed by atoms with Crippen molar-refractivity contribution in [3.8, 4) is 0 Å². The van der Waals surface area contributed by atoms with Gasteiger partial charge in [0.05, 0.1) is 26.2 Å². The summed E-state index contributed by atoms with van der Waals surface area (Å²) in [5, 5.41) is 0. The van der Waals surface area contributed by atoms with Crippen LogP contribution in [-0.4, -0.2) is 30.7 Å². The van der Waals surface area contributed by atoms with E-state index in [9.17, 15) is 0 Å². The summed E-state index contributed by atoms with van der Waals surface area (Å²) in [5.74, 6) is 0. The minimum absolute atomic E-state index is 1.32. The first-order valence-corrected chi connectivity index (χ1v) is 6.59. The first-order chi connectivity index (χ1) is 6.74. The van der Waals surface area contributed by atoms with Crippen LogP contribution in [-0.2, 0) is 0 Å². The van der Waals surface area contributed by atoms with Crippen LogP contribution in [0, 0.1) is 0 Å². The predicted octanol–water partition coefficient (Wildman–Crippen LogP) is 3.83. The summed E-state index contributed by atoms with van der Waals surface area (Å²) in [6.45, 7) is 14.7. The molecular formula is C13H30N+. The molecule has 0 bridgehead atoms. The van der Waals surface area contributed by atoms with Crippen molar-refractivity contribution in [3.05, 3.63) is 0 Å². The fourth-order valence-corrected chi connectivity index (χ4v) is 2.32. The number of hydrogen-bond acceptors (Lipinski definition) is 0. The van der Waals surface area contributed by atoms with Gasteiger partial charge in [0.1, 0.15) is 0 Å². The Morgan fingerprint density at radius 1 is 0.643 bits per heavy atom. The van der Waals surface area contributed by atoms with E-state index >= 15 is 0 Å². The van der Waals surface area contributed by atoms with Gasteiger partial charge >= 0.3 is 0 Å². The van der Waals surface area contributed by atoms with Crippen LogP contribution in [0.1, 0.15) is 59.8 Å². The molecule has 0 atom stereocenters. The number of nitrogens with zero attached hydrogens (tertiary/aromatic N) is 1. The molecule has 0 amide bonds. The zero-order chi connectivity index (χ0) is 10.9. The smallest absolute Gasteiger partial charge is 0.0786 e. The van der Waals surface area contributed by atoms with Gasteiger partial charge in [-0.3, -0.25) is 0 Å². The zero-order valence-electron chi connectivity index (χ0n) is 10.8. The summed E-state index contributed by atoms with van der Waals surface area (Å²) >= 11 is 0. The third kappa shape index (κ3) is 4.99. The van der Waals surface area contributed by atoms with E-state index < -0.39 is 0 Å². The van der Waals surface area contributed by atoms with Crippen LogP contribution in [0.3, 0.4) is 0 Å². The van der Waals surface area contributed by atoms with E-state index in [1.54, 1.807) is 0 Å². The molecule has 0 heterocycles. The lowest BCUT2D eigenvalue weighted by atomic mass is 10.1. The number of hydrogen-bond donors (Lipinski definition) is 0. The number of quaternary nitrogens is 1. The lowest BCUT2D eigenvalue weighted by Gasteiger charge is -2.36. The third-order valence-corrected chi connectivity index (χ3v) is 3.53. The maximum atomic E-state index is 2.35. The molecule has 1 nitrogen and oxygen atoms in total. The van der Waals surface area contributed by atoms with E-state index in [-0.39, 0.29) is 0 Å². The van der Waals surface area contributed by atoms with Crippen molar-refractivity contribution in [3.63, 3.8) is 0 Å². The molecule has 0 unspecified atom stereocenters. The van der Waals surface area contributed by atoms with Crippen LogP contribution >= 0.6 is 0 Å². The second kappa shape index (κ2) is 8.28. The maximum Gasteiger partial charge on any atom is 0.0786 e. The summed E-state index contributed by atoms with van der Waals surface area (Å²) in [6.07, 6.45) is 6.96. The fourth-order valence-electron chi connectivity index (χ4n) is 2.32. The molecule has 0 aliphatic carbocycles. The lowest BCUT2D eigenvalue weighted by molar-refractivity contribution is -0.925. The van der Waals surface area contributed by atoms with Crippen LogP contribution in [0.15, 0.2) is 0 Å². The normalized spacial score (nSPS) is 12.0. The molecule has 86 valence electrons. The highest BCUT2D eigenvalue weighted by atomic mass is 15.3. The summed E-state index contributed by atoms with van der Waals surface area (Å²) in [4.78, 5) is 0. The molecule has 0 fully saturated rings. The predicted molar refractivity (Wildman–Crippen MR) is 65.5 cm³/mol. The zero-order valence-corrected chi connectivity index (χ0v) is 10.8. The Hall–Kier alpha value is -0.0400. The van der Waals surface area contributed by atoms with Gasteiger partial charge in [0, 0.05) is 0 Å². The molecule has 1 heteroatoms. The van der Waals surface area contributed by atoms with E-state index in [4.69, 9.17) is 0 Å². The molecule has 0 aliphatic heterocycles. The standard InChI is InChI=1S/C13H30N/c1-5-9-10-11-13-14(7-3,8-4)12-6-2/h5-13H2,1-4H3/q+1. The van der Waals surface area contributed by atoms with E-state index in [2.05, 4.69) is 27.7 Å². The largest absolute Gasteiger partial charge is 0.324 e. The first kappa shape index (κ1) is 14.0. The molecule has 0 saturated carbocycles. The van der Waals surface area contributed by atoms with Crippen molar-refractivity contribution in [2.45, 2.75) is 59.8 Å². The number of rotatable bonds is 9. The monoisotopic (exact) mass is 200 g/mol. The fraction of sp³-hybridized carbons (Fsp3) is 1.00. The first-order valence-electron chi connectivity index (χ1n) is 6.59. The van der Waals surface area contributed by atoms with Crippen molar-refractivity contribution in [2.24, 2.45) is 0 Å². The maximum absolute atomic E-state index is 2.35. The van der Waals surface area contributed by atoms with Crippen molar-refractivity contribution in [1.29, 1.82) is 0 Å². The van der Waals surface area contributed by atoms with Gasteiger partial charge < -0.3 is 4.48 Å². The van der Waals surface area contributed by atoms with E-state index in [0.717, 1.165) is 0 Å². The van der Waals surface area contributed by atoms with Gasteiger partial charge in [-0.2, -0.15) is 0 Å². The van der Waals surface area contributed by atoms with Crippen molar-refractivity contribution in [1.82, 2.24) is 0 Å². The summed E-state index contributed by atoms with van der Waals surface area (Å²) < 4.78 is 1.35. The molecule has 0 radical (unpaired) electrons. The summed E-state index contributed by atoms with van der Waals surface area (Å²) in [6, 6.07) is 0. The molecule has 0 aromatic rings. The molecule has 0 saturated heterocycles. The van der Waals surface area contributed by atoms with Gasteiger partial charge in [0.15, 0.2) is 0 Å². The topological polar surface area (TPSA) is 0 Å². The molecule has 0 N–H and O–H groups in total. The Balaban J connectivity index is 3.82. The Bertz CT molecular complexity index is 116. The van der Waals surface area contributed by atoms with Gasteiger partial charge in [0.25, 0.3) is 0 Å². The molecule has 0 spiro atoms. The third-order valence-electron chi connectivity index (χ3n) is 3.53. The molecule has 0 aromatic heterocycles. The van der Waals surface area contributed by atoms with Crippen molar-refractivity contribution < 1.29 is 4.48 Å². The van der Waals surface area contributed by atoms with Gasteiger partial charge in [-0.05, 0) is 33.1 Å². The van der Waals surface area contributed by atoms with Crippen LogP contribution in [0.25, 0.3) is 0 Å². The number of unbranched alkanes of at least 4 members (excludes halogenated alkanes) is 3. The molecule has 0 rings (SSSR count). The Kier molecular flexibility index (Phi) is 8.26. The van der Waals surface area contributed by atoms with Gasteiger partial charge in [-0.15, -0.1) is 0 Å². The van der Waals surface area contributed by atoms with Crippen LogP contribution < -0.4 is 0 Å². The molecular weight excluding hydrogens is 170 g/mol. The average Bonchev–Trinajstić information content (AvgIpc) is 2.23. The molecule has 0 aliphatic rings. The van der Waals surface area contributed by atoms with Gasteiger partial charge in [-0.1, -0.05) is 26.7 Å². The van der Waals surface area contributed by atoms with Crippen molar-refractivity contribution >= 4 is 0 Å². The van der Waals surface area contributed by atoms with E-state index in [0.29, 0.717) is 0 Å². The SMILES string of the molecule is CCCCCC[N+](CC)(CC)CCC. The highest BCUT2D eigenvalue weighted by molar-refractivity contribution is 4.44. The molecule has 14 heavy (non-hydrogen) atoms. The average molecular weight is 200 g/mol. The Morgan fingerprint density at radius 2 is 1.29 bits per heavy atom. The van der Waals surface area contributed by atoms with E-state index in [1.165, 1.54) is 62.8 Å². The minimum atomic E-state index is 1.32. The van der Waals surface area contributed by atoms with Crippen molar-refractivity contribution in [2.75, 3.05) is 26.2 Å². The summed E-state index contributed by atoms with van der Waals surface area (Å²) in [7, 11) is 0. The highest BCUT2D eigenvalue weighted by Gasteiger charge is 2.20. The second-order valence-electron chi connectivity index (χ2n) is 4.48. The molecule has 0 aromatic carbocycles. The summed E-state index contributed by atoms with van der Waals surface area (Å²) in [5.41, 5.74) is 0. The highest BCUT2D eigenvalue weighted by Crippen LogP contribution is 2.11. The Morgan fingerprint density at radius 3 is 1.71 bits per heavy atom. The van der Waals surface area contributed by atoms with Crippen LogP contribution in [0.5, 0.6) is 0 Å². The van der Waals surface area contributed by atoms with Crippen LogP contribution in [0.4, 0.5) is 0 Å². The van der Waals surface area contributed by atoms with E-state index in [1.807, 2.05) is 0 Å². The van der Waals surface area contributed by atoms with Gasteiger partial charge in [-0.25, -0.2) is 0 Å².